The van der Waals surface area contributed by atoms with Gasteiger partial charge in [0.1, 0.15) is 28.5 Å². The smallest absolute Gasteiger partial charge is 0.246 e. The number of nitriles is 2. The highest BCUT2D eigenvalue weighted by Gasteiger charge is 2.32. The van der Waals surface area contributed by atoms with Crippen molar-refractivity contribution in [2.75, 3.05) is 25.2 Å². The number of hydrogen-bond acceptors (Lipinski definition) is 8. The number of pyridine rings is 1. The number of thioether (sulfide) groups is 1. The van der Waals surface area contributed by atoms with Crippen molar-refractivity contribution in [3.63, 3.8) is 0 Å². The number of nitrogens with two attached hydrogens (primary N) is 1. The van der Waals surface area contributed by atoms with Crippen LogP contribution < -0.4 is 15.2 Å². The lowest BCUT2D eigenvalue weighted by Crippen LogP contribution is -2.29. The Morgan fingerprint density at radius 3 is 2.56 bits per heavy atom. The highest BCUT2D eigenvalue weighted by Crippen LogP contribution is 2.43. The molecule has 0 atom stereocenters. The van der Waals surface area contributed by atoms with Crippen molar-refractivity contribution >= 4 is 17.6 Å². The topological polar surface area (TPSA) is 114 Å². The number of rotatable bonds is 5. The van der Waals surface area contributed by atoms with Crippen molar-refractivity contribution in [2.24, 2.45) is 0 Å². The highest BCUT2D eigenvalue weighted by atomic mass is 32.2. The average molecular weight is 382 g/mol. The molecule has 1 aliphatic rings. The van der Waals surface area contributed by atoms with Crippen LogP contribution in [-0.4, -0.2) is 30.2 Å². The number of nitrogen functional groups attached to an aromatic ring is 1. The van der Waals surface area contributed by atoms with Gasteiger partial charge in [-0.3, -0.25) is 0 Å². The van der Waals surface area contributed by atoms with Gasteiger partial charge in [-0.15, -0.1) is 11.8 Å². The van der Waals surface area contributed by atoms with Gasteiger partial charge in [-0.1, -0.05) is 6.07 Å². The minimum atomic E-state index is -0.768. The quantitative estimate of drug-likeness (QED) is 0.619. The summed E-state index contributed by atoms with van der Waals surface area (Å²) in [6.45, 7) is 4.12. The van der Waals surface area contributed by atoms with E-state index in [1.807, 2.05) is 13.8 Å². The first kappa shape index (κ1) is 18.8. The third-order valence-corrected chi connectivity index (χ3v) is 4.83. The minimum Gasteiger partial charge on any atom is -0.449 e. The number of anilines is 1. The molecule has 1 aliphatic heterocycles. The molecule has 1 aromatic carbocycles. The van der Waals surface area contributed by atoms with Crippen LogP contribution in [0.5, 0.6) is 11.5 Å². The fraction of sp³-hybridized carbons (Fsp3) is 0.316. The second-order valence-corrected chi connectivity index (χ2v) is 7.34. The lowest BCUT2D eigenvalue weighted by Gasteiger charge is -2.16. The third kappa shape index (κ3) is 3.63. The Labute approximate surface area is 161 Å². The van der Waals surface area contributed by atoms with Crippen LogP contribution in [0.3, 0.4) is 0 Å². The zero-order valence-corrected chi connectivity index (χ0v) is 16.0. The van der Waals surface area contributed by atoms with Crippen LogP contribution in [0.4, 0.5) is 5.82 Å². The van der Waals surface area contributed by atoms with E-state index < -0.39 is 5.79 Å². The number of fused-ring (bicyclic) bond motifs is 1. The predicted molar refractivity (Wildman–Crippen MR) is 101 cm³/mol. The Morgan fingerprint density at radius 2 is 1.89 bits per heavy atom. The molecule has 0 amide bonds. The minimum absolute atomic E-state index is 0.0874. The van der Waals surface area contributed by atoms with Gasteiger partial charge in [0.05, 0.1) is 12.2 Å². The third-order valence-electron chi connectivity index (χ3n) is 3.89. The summed E-state index contributed by atoms with van der Waals surface area (Å²) in [5.41, 5.74) is 7.58. The van der Waals surface area contributed by atoms with Crippen LogP contribution >= 0.6 is 11.8 Å². The Kier molecular flexibility index (Phi) is 5.13. The molecule has 0 aliphatic carbocycles. The van der Waals surface area contributed by atoms with E-state index in [4.69, 9.17) is 19.9 Å². The summed E-state index contributed by atoms with van der Waals surface area (Å²) in [7, 11) is 1.60. The Balaban J connectivity index is 2.15. The fourth-order valence-corrected chi connectivity index (χ4v) is 3.69. The first-order valence-corrected chi connectivity index (χ1v) is 9.16. The second-order valence-electron chi connectivity index (χ2n) is 6.26. The normalized spacial score (nSPS) is 13.8. The number of benzene rings is 1. The fourth-order valence-electron chi connectivity index (χ4n) is 2.79. The van der Waals surface area contributed by atoms with Gasteiger partial charge in [-0.2, -0.15) is 10.5 Å². The SMILES string of the molecule is COCCSc1nc(N)c(C#N)c(-c2ccc3c(c2)OC(C)(C)O3)c1C#N. The maximum Gasteiger partial charge on any atom is 0.246 e. The first-order valence-electron chi connectivity index (χ1n) is 8.18. The highest BCUT2D eigenvalue weighted by molar-refractivity contribution is 7.99. The molecule has 3 rings (SSSR count). The second kappa shape index (κ2) is 7.36. The van der Waals surface area contributed by atoms with Crippen molar-refractivity contribution in [3.05, 3.63) is 29.3 Å². The van der Waals surface area contributed by atoms with Gasteiger partial charge in [-0.25, -0.2) is 4.98 Å². The van der Waals surface area contributed by atoms with Gasteiger partial charge >= 0.3 is 0 Å². The van der Waals surface area contributed by atoms with Crippen LogP contribution in [0.15, 0.2) is 23.2 Å². The molecule has 2 heterocycles. The van der Waals surface area contributed by atoms with E-state index in [1.165, 1.54) is 11.8 Å². The lowest BCUT2D eigenvalue weighted by molar-refractivity contribution is -0.0431. The van der Waals surface area contributed by atoms with E-state index in [1.54, 1.807) is 25.3 Å². The van der Waals surface area contributed by atoms with E-state index in [-0.39, 0.29) is 11.4 Å². The molecule has 8 heteroatoms. The summed E-state index contributed by atoms with van der Waals surface area (Å²) in [6.07, 6.45) is 0. The first-order chi connectivity index (χ1) is 12.9. The van der Waals surface area contributed by atoms with E-state index in [0.29, 0.717) is 45.6 Å². The van der Waals surface area contributed by atoms with Gasteiger partial charge in [0.2, 0.25) is 5.79 Å². The van der Waals surface area contributed by atoms with Crippen molar-refractivity contribution in [1.82, 2.24) is 4.98 Å². The molecule has 0 saturated carbocycles. The van der Waals surface area contributed by atoms with Crippen LogP contribution in [0.1, 0.15) is 25.0 Å². The standard InChI is InChI=1S/C19H18N4O3S/c1-19(2)25-14-5-4-11(8-15(14)26-19)16-12(9-20)17(22)23-18(13(16)10-21)27-7-6-24-3/h4-5,8H,6-7H2,1-3H3,(H2,22,23). The van der Waals surface area contributed by atoms with Gasteiger partial charge < -0.3 is 19.9 Å². The number of hydrogen-bond donors (Lipinski definition) is 1. The van der Waals surface area contributed by atoms with Gasteiger partial charge in [-0.05, 0) is 17.7 Å². The molecule has 2 N–H and O–H groups in total. The van der Waals surface area contributed by atoms with E-state index >= 15 is 0 Å². The Bertz CT molecular complexity index is 976. The monoisotopic (exact) mass is 382 g/mol. The van der Waals surface area contributed by atoms with Crippen LogP contribution in [-0.2, 0) is 4.74 Å². The largest absolute Gasteiger partial charge is 0.449 e. The molecular formula is C19H18N4O3S. The molecular weight excluding hydrogens is 364 g/mol. The molecule has 2 aromatic rings. The van der Waals surface area contributed by atoms with Crippen molar-refractivity contribution in [3.8, 4) is 34.8 Å². The van der Waals surface area contributed by atoms with Crippen molar-refractivity contribution < 1.29 is 14.2 Å². The molecule has 0 fully saturated rings. The molecule has 27 heavy (non-hydrogen) atoms. The number of nitrogens with zero attached hydrogens (tertiary/aromatic N) is 3. The Morgan fingerprint density at radius 1 is 1.19 bits per heavy atom. The van der Waals surface area contributed by atoms with Crippen molar-refractivity contribution in [2.45, 2.75) is 24.7 Å². The summed E-state index contributed by atoms with van der Waals surface area (Å²) >= 11 is 1.36. The molecule has 0 spiro atoms. The molecule has 0 radical (unpaired) electrons. The van der Waals surface area contributed by atoms with E-state index in [9.17, 15) is 10.5 Å². The maximum atomic E-state index is 9.76. The molecule has 0 bridgehead atoms. The summed E-state index contributed by atoms with van der Waals surface area (Å²) in [5, 5.41) is 19.8. The van der Waals surface area contributed by atoms with Crippen LogP contribution in [0.25, 0.3) is 11.1 Å². The van der Waals surface area contributed by atoms with Crippen LogP contribution in [0.2, 0.25) is 0 Å². The zero-order chi connectivity index (χ0) is 19.6. The van der Waals surface area contributed by atoms with Crippen molar-refractivity contribution in [1.29, 1.82) is 10.5 Å². The molecule has 7 nitrogen and oxygen atoms in total. The Hall–Kier alpha value is -2.94. The molecule has 138 valence electrons. The lowest BCUT2D eigenvalue weighted by atomic mass is 9.96. The summed E-state index contributed by atoms with van der Waals surface area (Å²) < 4.78 is 16.5. The summed E-state index contributed by atoms with van der Waals surface area (Å²) in [5.74, 6) is 1.09. The molecule has 0 unspecified atom stereocenters. The summed E-state index contributed by atoms with van der Waals surface area (Å²) in [6, 6.07) is 9.54. The maximum absolute atomic E-state index is 9.76. The molecule has 1 aromatic heterocycles. The zero-order valence-electron chi connectivity index (χ0n) is 15.2. The average Bonchev–Trinajstić information content (AvgIpc) is 2.94. The van der Waals surface area contributed by atoms with E-state index in [0.717, 1.165) is 0 Å². The number of aromatic nitrogens is 1. The van der Waals surface area contributed by atoms with E-state index in [2.05, 4.69) is 17.1 Å². The van der Waals surface area contributed by atoms with Gasteiger partial charge in [0.15, 0.2) is 11.5 Å². The van der Waals surface area contributed by atoms with Gasteiger partial charge in [0, 0.05) is 32.3 Å². The molecule has 0 saturated heterocycles. The number of ether oxygens (including phenoxy) is 3. The summed E-state index contributed by atoms with van der Waals surface area (Å²) in [4.78, 5) is 4.25. The van der Waals surface area contributed by atoms with Gasteiger partial charge in [0.25, 0.3) is 0 Å². The predicted octanol–water partition coefficient (Wildman–Crippen LogP) is 3.32. The van der Waals surface area contributed by atoms with Crippen LogP contribution in [0, 0.1) is 22.7 Å². The number of methoxy groups -OCH3 is 1.